The highest BCUT2D eigenvalue weighted by molar-refractivity contribution is 6.06. The van der Waals surface area contributed by atoms with Crippen molar-refractivity contribution in [2.75, 3.05) is 11.1 Å². The van der Waals surface area contributed by atoms with Crippen LogP contribution in [0.3, 0.4) is 0 Å². The lowest BCUT2D eigenvalue weighted by Gasteiger charge is -2.07. The maximum atomic E-state index is 12.1. The number of nitrogens with one attached hydrogen (secondary N) is 1. The first-order valence-corrected chi connectivity index (χ1v) is 6.11. The molecule has 0 fully saturated rings. The van der Waals surface area contributed by atoms with Gasteiger partial charge in [-0.2, -0.15) is 0 Å². The lowest BCUT2D eigenvalue weighted by atomic mass is 10.2. The summed E-state index contributed by atoms with van der Waals surface area (Å²) in [6, 6.07) is 12.6. The van der Waals surface area contributed by atoms with Gasteiger partial charge in [0.1, 0.15) is 0 Å². The molecule has 0 atom stereocenters. The van der Waals surface area contributed by atoms with E-state index in [-0.39, 0.29) is 11.6 Å². The molecule has 1 amide bonds. The molecule has 0 saturated carbocycles. The van der Waals surface area contributed by atoms with E-state index in [0.717, 1.165) is 10.9 Å². The molecule has 0 aliphatic rings. The van der Waals surface area contributed by atoms with Gasteiger partial charge in [-0.15, -0.1) is 0 Å². The van der Waals surface area contributed by atoms with E-state index < -0.39 is 0 Å². The maximum absolute atomic E-state index is 12.1. The summed E-state index contributed by atoms with van der Waals surface area (Å²) < 4.78 is 0. The Bertz CT molecular complexity index is 785. The number of nitrogens with two attached hydrogens (primary N) is 1. The first-order chi connectivity index (χ1) is 9.74. The molecule has 3 aromatic rings. The molecular weight excluding hydrogens is 252 g/mol. The van der Waals surface area contributed by atoms with Crippen molar-refractivity contribution in [3.8, 4) is 0 Å². The van der Waals surface area contributed by atoms with Crippen molar-refractivity contribution in [3.63, 3.8) is 0 Å². The number of anilines is 2. The van der Waals surface area contributed by atoms with Crippen LogP contribution in [-0.4, -0.2) is 15.9 Å². The zero-order valence-corrected chi connectivity index (χ0v) is 10.6. The second-order valence-electron chi connectivity index (χ2n) is 4.31. The van der Waals surface area contributed by atoms with E-state index in [1.165, 1.54) is 6.20 Å². The average molecular weight is 264 g/mol. The summed E-state index contributed by atoms with van der Waals surface area (Å²) in [5.74, 6) is -0.327. The number of carbonyl (C=O) groups is 1. The van der Waals surface area contributed by atoms with Gasteiger partial charge in [-0.25, -0.2) is 4.98 Å². The second-order valence-corrected chi connectivity index (χ2v) is 4.31. The van der Waals surface area contributed by atoms with Crippen LogP contribution in [0.5, 0.6) is 0 Å². The number of nitrogens with zero attached hydrogens (tertiary/aromatic N) is 2. The van der Waals surface area contributed by atoms with Crippen LogP contribution in [0, 0.1) is 0 Å². The van der Waals surface area contributed by atoms with Crippen LogP contribution in [0.15, 0.2) is 54.9 Å². The van der Waals surface area contributed by atoms with Crippen molar-refractivity contribution in [3.05, 3.63) is 60.6 Å². The van der Waals surface area contributed by atoms with Crippen LogP contribution in [0.1, 0.15) is 10.5 Å². The molecule has 0 radical (unpaired) electrons. The molecule has 1 aromatic carbocycles. The number of aromatic nitrogens is 2. The van der Waals surface area contributed by atoms with Crippen molar-refractivity contribution in [2.24, 2.45) is 0 Å². The summed E-state index contributed by atoms with van der Waals surface area (Å²) in [6.45, 7) is 0. The fourth-order valence-electron chi connectivity index (χ4n) is 1.95. The second kappa shape index (κ2) is 4.97. The molecule has 0 unspecified atom stereocenters. The molecule has 20 heavy (non-hydrogen) atoms. The van der Waals surface area contributed by atoms with Gasteiger partial charge in [-0.1, -0.05) is 6.07 Å². The van der Waals surface area contributed by atoms with Gasteiger partial charge < -0.3 is 11.1 Å². The predicted octanol–water partition coefficient (Wildman–Crippen LogP) is 2.46. The fraction of sp³-hybridized carbons (Fsp3) is 0. The van der Waals surface area contributed by atoms with Crippen LogP contribution < -0.4 is 11.1 Å². The van der Waals surface area contributed by atoms with Crippen LogP contribution in [0.25, 0.3) is 10.9 Å². The largest absolute Gasteiger partial charge is 0.397 e. The summed E-state index contributed by atoms with van der Waals surface area (Å²) in [5, 5.41) is 3.74. The number of benzene rings is 1. The van der Waals surface area contributed by atoms with Crippen molar-refractivity contribution in [1.82, 2.24) is 9.97 Å². The number of nitrogen functional groups attached to an aromatic ring is 1. The molecule has 98 valence electrons. The first kappa shape index (κ1) is 12.1. The zero-order valence-electron chi connectivity index (χ0n) is 10.6. The molecule has 3 rings (SSSR count). The highest BCUT2D eigenvalue weighted by Gasteiger charge is 2.11. The van der Waals surface area contributed by atoms with E-state index in [2.05, 4.69) is 15.3 Å². The highest BCUT2D eigenvalue weighted by atomic mass is 16.1. The molecule has 0 aliphatic carbocycles. The Kier molecular flexibility index (Phi) is 3.01. The molecule has 0 aliphatic heterocycles. The predicted molar refractivity (Wildman–Crippen MR) is 78.3 cm³/mol. The van der Waals surface area contributed by atoms with E-state index in [1.807, 2.05) is 24.3 Å². The van der Waals surface area contributed by atoms with Crippen LogP contribution in [0.4, 0.5) is 11.4 Å². The Balaban J connectivity index is 1.89. The van der Waals surface area contributed by atoms with Crippen LogP contribution in [0.2, 0.25) is 0 Å². The molecule has 0 saturated heterocycles. The standard InChI is InChI=1S/C15H12N4O/c16-12-4-2-8-18-14(12)15(20)19-11-5-6-13-10(9-11)3-1-7-17-13/h1-9H,16H2,(H,19,20). The third kappa shape index (κ3) is 2.29. The Morgan fingerprint density at radius 1 is 1.05 bits per heavy atom. The minimum Gasteiger partial charge on any atom is -0.397 e. The lowest BCUT2D eigenvalue weighted by molar-refractivity contribution is 0.102. The number of fused-ring (bicyclic) bond motifs is 1. The van der Waals surface area contributed by atoms with Gasteiger partial charge >= 0.3 is 0 Å². The van der Waals surface area contributed by atoms with E-state index >= 15 is 0 Å². The van der Waals surface area contributed by atoms with Gasteiger partial charge in [0.2, 0.25) is 0 Å². The minimum atomic E-state index is -0.327. The molecule has 0 bridgehead atoms. The quantitative estimate of drug-likeness (QED) is 0.745. The fourth-order valence-corrected chi connectivity index (χ4v) is 1.95. The van der Waals surface area contributed by atoms with Gasteiger partial charge in [0, 0.05) is 23.5 Å². The average Bonchev–Trinajstić information content (AvgIpc) is 2.47. The van der Waals surface area contributed by atoms with Crippen molar-refractivity contribution in [2.45, 2.75) is 0 Å². The molecule has 0 spiro atoms. The van der Waals surface area contributed by atoms with Crippen LogP contribution >= 0.6 is 0 Å². The van der Waals surface area contributed by atoms with E-state index in [9.17, 15) is 4.79 Å². The summed E-state index contributed by atoms with van der Waals surface area (Å²) in [5.41, 5.74) is 7.87. The third-order valence-corrected chi connectivity index (χ3v) is 2.91. The summed E-state index contributed by atoms with van der Waals surface area (Å²) in [4.78, 5) is 20.3. The van der Waals surface area contributed by atoms with Crippen molar-refractivity contribution >= 4 is 28.2 Å². The topological polar surface area (TPSA) is 80.9 Å². The normalized spacial score (nSPS) is 10.4. The Morgan fingerprint density at radius 3 is 2.70 bits per heavy atom. The van der Waals surface area contributed by atoms with Crippen molar-refractivity contribution in [1.29, 1.82) is 0 Å². The smallest absolute Gasteiger partial charge is 0.276 e. The van der Waals surface area contributed by atoms with E-state index in [0.29, 0.717) is 11.4 Å². The van der Waals surface area contributed by atoms with E-state index in [4.69, 9.17) is 5.73 Å². The van der Waals surface area contributed by atoms with Gasteiger partial charge in [0.05, 0.1) is 11.2 Å². The molecule has 2 aromatic heterocycles. The maximum Gasteiger partial charge on any atom is 0.276 e. The number of hydrogen-bond acceptors (Lipinski definition) is 4. The Hall–Kier alpha value is -2.95. The SMILES string of the molecule is Nc1cccnc1C(=O)Nc1ccc2ncccc2c1. The monoisotopic (exact) mass is 264 g/mol. The molecule has 3 N–H and O–H groups in total. The summed E-state index contributed by atoms with van der Waals surface area (Å²) in [7, 11) is 0. The van der Waals surface area contributed by atoms with Gasteiger partial charge in [0.15, 0.2) is 5.69 Å². The van der Waals surface area contributed by atoms with Gasteiger partial charge in [-0.05, 0) is 36.4 Å². The van der Waals surface area contributed by atoms with Crippen molar-refractivity contribution < 1.29 is 4.79 Å². The number of carbonyl (C=O) groups excluding carboxylic acids is 1. The zero-order chi connectivity index (χ0) is 13.9. The summed E-state index contributed by atoms with van der Waals surface area (Å²) in [6.07, 6.45) is 3.27. The summed E-state index contributed by atoms with van der Waals surface area (Å²) >= 11 is 0. The van der Waals surface area contributed by atoms with Gasteiger partial charge in [-0.3, -0.25) is 9.78 Å². The number of hydrogen-bond donors (Lipinski definition) is 2. The van der Waals surface area contributed by atoms with Gasteiger partial charge in [0.25, 0.3) is 5.91 Å². The molecule has 5 nitrogen and oxygen atoms in total. The molecular formula is C15H12N4O. The number of pyridine rings is 2. The molecule has 2 heterocycles. The van der Waals surface area contributed by atoms with Crippen LogP contribution in [-0.2, 0) is 0 Å². The first-order valence-electron chi connectivity index (χ1n) is 6.11. The highest BCUT2D eigenvalue weighted by Crippen LogP contribution is 2.18. The Labute approximate surface area is 115 Å². The third-order valence-electron chi connectivity index (χ3n) is 2.91. The van der Waals surface area contributed by atoms with E-state index in [1.54, 1.807) is 24.4 Å². The Morgan fingerprint density at radius 2 is 1.85 bits per heavy atom. The minimum absolute atomic E-state index is 0.221. The number of amides is 1. The number of rotatable bonds is 2. The lowest BCUT2D eigenvalue weighted by Crippen LogP contribution is -2.15. The molecule has 5 heteroatoms.